The number of nitrogens with zero attached hydrogens (tertiary/aromatic N) is 1. The summed E-state index contributed by atoms with van der Waals surface area (Å²) in [6.45, 7) is 0.545. The Kier molecular flexibility index (Phi) is 4.95. The van der Waals surface area contributed by atoms with Crippen molar-refractivity contribution in [2.75, 3.05) is 13.1 Å². The largest absolute Gasteiger partial charge is 0.353 e. The van der Waals surface area contributed by atoms with Gasteiger partial charge in [-0.25, -0.2) is 0 Å². The van der Waals surface area contributed by atoms with E-state index in [9.17, 15) is 14.4 Å². The number of rotatable bonds is 4. The number of carbonyl (C=O) groups is 3. The van der Waals surface area contributed by atoms with Crippen LogP contribution in [0.1, 0.15) is 38.5 Å². The monoisotopic (exact) mass is 367 g/mol. The van der Waals surface area contributed by atoms with Crippen molar-refractivity contribution in [2.24, 2.45) is 29.4 Å². The average Bonchev–Trinajstić information content (AvgIpc) is 3.24. The van der Waals surface area contributed by atoms with Gasteiger partial charge >= 0.3 is 0 Å². The molecule has 4 unspecified atom stereocenters. The van der Waals surface area contributed by atoms with Gasteiger partial charge in [-0.15, -0.1) is 12.4 Å². The molecule has 2 bridgehead atoms. The predicted octanol–water partition coefficient (Wildman–Crippen LogP) is 0.993. The fraction of sp³-hybridized carbons (Fsp3) is 0.722. The van der Waals surface area contributed by atoms with Crippen molar-refractivity contribution in [3.8, 4) is 0 Å². The molecule has 3 aliphatic carbocycles. The highest BCUT2D eigenvalue weighted by molar-refractivity contribution is 6.06. The summed E-state index contributed by atoms with van der Waals surface area (Å²) in [7, 11) is 0. The lowest BCUT2D eigenvalue weighted by Crippen LogP contribution is -2.56. The van der Waals surface area contributed by atoms with Crippen LogP contribution in [0.5, 0.6) is 0 Å². The lowest BCUT2D eigenvalue weighted by Gasteiger charge is -2.32. The molecule has 4 atom stereocenters. The fourth-order valence-corrected chi connectivity index (χ4v) is 5.05. The van der Waals surface area contributed by atoms with E-state index in [0.717, 1.165) is 25.7 Å². The lowest BCUT2D eigenvalue weighted by molar-refractivity contribution is -0.141. The molecule has 3 amide bonds. The van der Waals surface area contributed by atoms with Gasteiger partial charge in [-0.3, -0.25) is 19.3 Å². The van der Waals surface area contributed by atoms with Gasteiger partial charge < -0.3 is 11.1 Å². The first kappa shape index (κ1) is 18.4. The highest BCUT2D eigenvalue weighted by atomic mass is 35.5. The van der Waals surface area contributed by atoms with Crippen LogP contribution in [0.3, 0.4) is 0 Å². The Labute approximate surface area is 154 Å². The molecule has 2 saturated carbocycles. The Morgan fingerprint density at radius 3 is 2.24 bits per heavy atom. The normalized spacial score (nSPS) is 34.8. The van der Waals surface area contributed by atoms with Crippen molar-refractivity contribution in [2.45, 2.75) is 44.1 Å². The zero-order chi connectivity index (χ0) is 16.9. The van der Waals surface area contributed by atoms with Crippen LogP contribution in [-0.4, -0.2) is 41.2 Å². The molecule has 4 rings (SSSR count). The highest BCUT2D eigenvalue weighted by Crippen LogP contribution is 2.52. The van der Waals surface area contributed by atoms with Gasteiger partial charge in [-0.2, -0.15) is 0 Å². The molecule has 0 aromatic rings. The van der Waals surface area contributed by atoms with E-state index in [1.165, 1.54) is 4.90 Å². The summed E-state index contributed by atoms with van der Waals surface area (Å²) in [6, 6.07) is 0. The minimum atomic E-state index is -0.781. The van der Waals surface area contributed by atoms with Gasteiger partial charge in [0.05, 0.1) is 17.4 Å². The van der Waals surface area contributed by atoms with E-state index in [-0.39, 0.29) is 66.9 Å². The number of carbonyl (C=O) groups excluding carboxylic acids is 3. The molecular weight excluding hydrogens is 342 g/mol. The third kappa shape index (κ3) is 2.89. The number of imide groups is 1. The molecule has 1 saturated heterocycles. The predicted molar refractivity (Wildman–Crippen MR) is 94.7 cm³/mol. The third-order valence-electron chi connectivity index (χ3n) is 6.38. The molecular formula is C18H26ClN3O3. The molecule has 1 heterocycles. The number of allylic oxidation sites excluding steroid dienone is 2. The molecule has 4 aliphatic rings. The number of nitrogens with two attached hydrogens (primary N) is 1. The molecule has 0 aromatic carbocycles. The fourth-order valence-electron chi connectivity index (χ4n) is 5.05. The number of nitrogens with one attached hydrogen (secondary N) is 1. The van der Waals surface area contributed by atoms with Crippen LogP contribution < -0.4 is 11.1 Å². The topological polar surface area (TPSA) is 92.5 Å². The van der Waals surface area contributed by atoms with Crippen LogP contribution in [-0.2, 0) is 14.4 Å². The molecule has 0 aromatic heterocycles. The summed E-state index contributed by atoms with van der Waals surface area (Å²) in [4.78, 5) is 38.8. The quantitative estimate of drug-likeness (QED) is 0.572. The standard InChI is InChI=1S/C18H25N3O3.ClH/c19-18(6-2-1-3-7-18)17(24)20-8-9-21-15(22)13-11-4-5-12(10-11)14(13)16(21)23;/h4-5,11-14H,1-3,6-10,19H2,(H,20,24);1H. The van der Waals surface area contributed by atoms with E-state index in [1.54, 1.807) is 0 Å². The number of amides is 3. The lowest BCUT2D eigenvalue weighted by atomic mass is 9.82. The molecule has 25 heavy (non-hydrogen) atoms. The molecule has 0 spiro atoms. The summed E-state index contributed by atoms with van der Waals surface area (Å²) in [5, 5.41) is 2.84. The maximum atomic E-state index is 12.6. The van der Waals surface area contributed by atoms with E-state index >= 15 is 0 Å². The second-order valence-corrected chi connectivity index (χ2v) is 7.80. The maximum Gasteiger partial charge on any atom is 0.240 e. The molecule has 3 N–H and O–H groups in total. The van der Waals surface area contributed by atoms with Gasteiger partial charge in [0.25, 0.3) is 0 Å². The first-order chi connectivity index (χ1) is 11.5. The average molecular weight is 368 g/mol. The van der Waals surface area contributed by atoms with Crippen molar-refractivity contribution >= 4 is 30.1 Å². The second kappa shape index (κ2) is 6.72. The van der Waals surface area contributed by atoms with Crippen LogP contribution in [0.4, 0.5) is 0 Å². The summed E-state index contributed by atoms with van der Waals surface area (Å²) in [5.74, 6) is -0.142. The first-order valence-electron chi connectivity index (χ1n) is 9.12. The van der Waals surface area contributed by atoms with Crippen LogP contribution in [0.15, 0.2) is 12.2 Å². The van der Waals surface area contributed by atoms with Gasteiger partial charge in [0.2, 0.25) is 17.7 Å². The molecule has 138 valence electrons. The third-order valence-corrected chi connectivity index (χ3v) is 6.38. The number of halogens is 1. The summed E-state index contributed by atoms with van der Waals surface area (Å²) < 4.78 is 0. The van der Waals surface area contributed by atoms with Crippen molar-refractivity contribution in [3.05, 3.63) is 12.2 Å². The molecule has 1 aliphatic heterocycles. The Balaban J connectivity index is 0.00000182. The van der Waals surface area contributed by atoms with Gasteiger partial charge in [0.15, 0.2) is 0 Å². The summed E-state index contributed by atoms with van der Waals surface area (Å²) in [5.41, 5.74) is 5.42. The summed E-state index contributed by atoms with van der Waals surface area (Å²) >= 11 is 0. The van der Waals surface area contributed by atoms with E-state index in [1.807, 2.05) is 0 Å². The Morgan fingerprint density at radius 2 is 1.68 bits per heavy atom. The van der Waals surface area contributed by atoms with E-state index in [0.29, 0.717) is 12.8 Å². The van der Waals surface area contributed by atoms with Crippen molar-refractivity contribution in [1.29, 1.82) is 0 Å². The van der Waals surface area contributed by atoms with Crippen LogP contribution >= 0.6 is 12.4 Å². The van der Waals surface area contributed by atoms with E-state index < -0.39 is 5.54 Å². The Hall–Kier alpha value is -1.40. The number of fused-ring (bicyclic) bond motifs is 5. The Morgan fingerprint density at radius 1 is 1.12 bits per heavy atom. The zero-order valence-corrected chi connectivity index (χ0v) is 15.1. The van der Waals surface area contributed by atoms with Crippen molar-refractivity contribution < 1.29 is 14.4 Å². The Bertz CT molecular complexity index is 585. The van der Waals surface area contributed by atoms with Crippen molar-refractivity contribution in [1.82, 2.24) is 10.2 Å². The van der Waals surface area contributed by atoms with E-state index in [4.69, 9.17) is 5.73 Å². The second-order valence-electron chi connectivity index (χ2n) is 7.80. The van der Waals surface area contributed by atoms with Gasteiger partial charge in [0.1, 0.15) is 0 Å². The van der Waals surface area contributed by atoms with Crippen LogP contribution in [0.25, 0.3) is 0 Å². The maximum absolute atomic E-state index is 12.6. The van der Waals surface area contributed by atoms with Gasteiger partial charge in [-0.05, 0) is 31.1 Å². The SMILES string of the molecule is Cl.NC1(C(=O)NCCN2C(=O)C3C4C=CC(C4)C3C2=O)CCCCC1. The summed E-state index contributed by atoms with van der Waals surface area (Å²) in [6.07, 6.45) is 9.61. The van der Waals surface area contributed by atoms with E-state index in [2.05, 4.69) is 17.5 Å². The number of hydrogen-bond donors (Lipinski definition) is 2. The van der Waals surface area contributed by atoms with Gasteiger partial charge in [0, 0.05) is 13.1 Å². The van der Waals surface area contributed by atoms with Crippen molar-refractivity contribution in [3.63, 3.8) is 0 Å². The molecule has 3 fully saturated rings. The van der Waals surface area contributed by atoms with Crippen LogP contribution in [0.2, 0.25) is 0 Å². The number of likely N-dealkylation sites (tertiary alicyclic amines) is 1. The molecule has 7 heteroatoms. The van der Waals surface area contributed by atoms with Crippen LogP contribution in [0, 0.1) is 23.7 Å². The molecule has 0 radical (unpaired) electrons. The minimum absolute atomic E-state index is 0. The zero-order valence-electron chi connectivity index (χ0n) is 14.3. The first-order valence-corrected chi connectivity index (χ1v) is 9.12. The number of hydrogen-bond acceptors (Lipinski definition) is 4. The smallest absolute Gasteiger partial charge is 0.240 e. The minimum Gasteiger partial charge on any atom is -0.353 e. The molecule has 6 nitrogen and oxygen atoms in total. The highest BCUT2D eigenvalue weighted by Gasteiger charge is 2.59. The van der Waals surface area contributed by atoms with Gasteiger partial charge in [-0.1, -0.05) is 31.4 Å².